The van der Waals surface area contributed by atoms with Crippen molar-refractivity contribution in [1.29, 1.82) is 0 Å². The molecule has 0 aromatic heterocycles. The molecule has 3 rings (SSSR count). The Morgan fingerprint density at radius 3 is 2.08 bits per heavy atom. The predicted octanol–water partition coefficient (Wildman–Crippen LogP) is 5.21. The molecule has 118 valence electrons. The number of hydrogen-bond donors (Lipinski definition) is 0. The minimum atomic E-state index is 0.364. The minimum Gasteiger partial charge on any atom is -0.368 e. The van der Waals surface area contributed by atoms with Crippen molar-refractivity contribution in [2.75, 3.05) is 13.2 Å². The molecular weight excluding hydrogens is 292 g/mol. The third-order valence-electron chi connectivity index (χ3n) is 4.00. The van der Waals surface area contributed by atoms with Crippen LogP contribution in [0.3, 0.4) is 0 Å². The van der Waals surface area contributed by atoms with Gasteiger partial charge in [-0.25, -0.2) is 0 Å². The molecule has 0 unspecified atom stereocenters. The average Bonchev–Trinajstić information content (AvgIpc) is 2.67. The second kappa shape index (κ2) is 8.15. The largest absolute Gasteiger partial charge is 0.368 e. The van der Waals surface area contributed by atoms with E-state index in [1.54, 1.807) is 0 Å². The van der Waals surface area contributed by atoms with Gasteiger partial charge in [0.2, 0.25) is 0 Å². The van der Waals surface area contributed by atoms with E-state index in [4.69, 9.17) is 11.2 Å². The molecule has 0 amide bonds. The van der Waals surface area contributed by atoms with E-state index in [1.165, 1.54) is 27.8 Å². The van der Waals surface area contributed by atoms with Gasteiger partial charge in [-0.3, -0.25) is 0 Å². The van der Waals surface area contributed by atoms with Gasteiger partial charge in [0.05, 0.1) is 6.61 Å². The smallest absolute Gasteiger partial charge is 0.107 e. The predicted molar refractivity (Wildman–Crippen MR) is 101 cm³/mol. The highest BCUT2D eigenvalue weighted by molar-refractivity contribution is 5.75. The van der Waals surface area contributed by atoms with E-state index in [0.29, 0.717) is 13.2 Å². The maximum absolute atomic E-state index is 5.46. The SMILES string of the molecule is C#CCOCCc1ccc(-c2ccccc2)cc1-c1ccccc1. The lowest BCUT2D eigenvalue weighted by atomic mass is 9.93. The molecule has 0 N–H and O–H groups in total. The van der Waals surface area contributed by atoms with Crippen molar-refractivity contribution in [3.8, 4) is 34.6 Å². The first kappa shape index (κ1) is 16.1. The zero-order valence-electron chi connectivity index (χ0n) is 13.6. The third-order valence-corrected chi connectivity index (χ3v) is 4.00. The molecule has 3 aromatic rings. The van der Waals surface area contributed by atoms with E-state index in [9.17, 15) is 0 Å². The summed E-state index contributed by atoms with van der Waals surface area (Å²) in [5.41, 5.74) is 6.20. The summed E-state index contributed by atoms with van der Waals surface area (Å²) in [7, 11) is 0. The molecule has 1 nitrogen and oxygen atoms in total. The van der Waals surface area contributed by atoms with Crippen LogP contribution in [-0.4, -0.2) is 13.2 Å². The van der Waals surface area contributed by atoms with Gasteiger partial charge in [-0.1, -0.05) is 78.7 Å². The Morgan fingerprint density at radius 1 is 0.750 bits per heavy atom. The molecular formula is C23H20O. The Labute approximate surface area is 143 Å². The lowest BCUT2D eigenvalue weighted by Crippen LogP contribution is -2.00. The fraction of sp³-hybridized carbons (Fsp3) is 0.130. The van der Waals surface area contributed by atoms with Crippen LogP contribution in [-0.2, 0) is 11.2 Å². The molecule has 0 saturated carbocycles. The van der Waals surface area contributed by atoms with Crippen molar-refractivity contribution in [1.82, 2.24) is 0 Å². The molecule has 0 bridgehead atoms. The highest BCUT2D eigenvalue weighted by atomic mass is 16.5. The van der Waals surface area contributed by atoms with Crippen LogP contribution in [0.5, 0.6) is 0 Å². The Hall–Kier alpha value is -2.82. The molecule has 0 aliphatic rings. The molecule has 0 atom stereocenters. The van der Waals surface area contributed by atoms with Crippen LogP contribution >= 0.6 is 0 Å². The highest BCUT2D eigenvalue weighted by Crippen LogP contribution is 2.30. The second-order valence-corrected chi connectivity index (χ2v) is 5.61. The van der Waals surface area contributed by atoms with Crippen molar-refractivity contribution in [2.24, 2.45) is 0 Å². The van der Waals surface area contributed by atoms with Crippen molar-refractivity contribution in [3.05, 3.63) is 84.4 Å². The average molecular weight is 312 g/mol. The van der Waals surface area contributed by atoms with E-state index in [1.807, 2.05) is 12.1 Å². The van der Waals surface area contributed by atoms with E-state index in [2.05, 4.69) is 72.7 Å². The van der Waals surface area contributed by atoms with Gasteiger partial charge in [0.25, 0.3) is 0 Å². The van der Waals surface area contributed by atoms with Crippen LogP contribution in [0.15, 0.2) is 78.9 Å². The van der Waals surface area contributed by atoms with Crippen LogP contribution in [0.4, 0.5) is 0 Å². The van der Waals surface area contributed by atoms with Gasteiger partial charge in [0, 0.05) is 0 Å². The van der Waals surface area contributed by atoms with Gasteiger partial charge in [-0.15, -0.1) is 6.42 Å². The molecule has 0 fully saturated rings. The molecule has 0 spiro atoms. The molecule has 24 heavy (non-hydrogen) atoms. The summed E-state index contributed by atoms with van der Waals surface area (Å²) in [6.07, 6.45) is 6.09. The lowest BCUT2D eigenvalue weighted by molar-refractivity contribution is 0.171. The summed E-state index contributed by atoms with van der Waals surface area (Å²) in [5.74, 6) is 2.51. The van der Waals surface area contributed by atoms with Gasteiger partial charge < -0.3 is 4.74 Å². The Morgan fingerprint density at radius 2 is 1.42 bits per heavy atom. The normalized spacial score (nSPS) is 10.3. The summed E-state index contributed by atoms with van der Waals surface area (Å²) in [5, 5.41) is 0. The molecule has 0 saturated heterocycles. The molecule has 1 heteroatoms. The first-order chi connectivity index (χ1) is 11.9. The summed E-state index contributed by atoms with van der Waals surface area (Å²) in [4.78, 5) is 0. The summed E-state index contributed by atoms with van der Waals surface area (Å²) < 4.78 is 5.46. The van der Waals surface area contributed by atoms with Crippen molar-refractivity contribution in [3.63, 3.8) is 0 Å². The molecule has 0 heterocycles. The number of hydrogen-bond acceptors (Lipinski definition) is 1. The summed E-state index contributed by atoms with van der Waals surface area (Å²) in [6, 6.07) is 27.6. The fourth-order valence-electron chi connectivity index (χ4n) is 2.80. The summed E-state index contributed by atoms with van der Waals surface area (Å²) in [6.45, 7) is 0.998. The zero-order chi connectivity index (χ0) is 16.6. The Bertz CT molecular complexity index is 814. The van der Waals surface area contributed by atoms with Crippen molar-refractivity contribution < 1.29 is 4.74 Å². The minimum absolute atomic E-state index is 0.364. The van der Waals surface area contributed by atoms with E-state index < -0.39 is 0 Å². The zero-order valence-corrected chi connectivity index (χ0v) is 13.6. The first-order valence-electron chi connectivity index (χ1n) is 8.13. The monoisotopic (exact) mass is 312 g/mol. The Balaban J connectivity index is 1.95. The van der Waals surface area contributed by atoms with E-state index >= 15 is 0 Å². The fourth-order valence-corrected chi connectivity index (χ4v) is 2.80. The maximum Gasteiger partial charge on any atom is 0.107 e. The standard InChI is InChI=1S/C23H20O/c1-2-16-24-17-15-21-13-14-22(19-9-5-3-6-10-19)18-23(21)20-11-7-4-8-12-20/h1,3-14,18H,15-17H2. The van der Waals surface area contributed by atoms with Crippen LogP contribution in [0.2, 0.25) is 0 Å². The number of ether oxygens (including phenoxy) is 1. The molecule has 0 aliphatic heterocycles. The quantitative estimate of drug-likeness (QED) is 0.448. The van der Waals surface area contributed by atoms with Crippen molar-refractivity contribution >= 4 is 0 Å². The second-order valence-electron chi connectivity index (χ2n) is 5.61. The maximum atomic E-state index is 5.46. The van der Waals surface area contributed by atoms with Crippen LogP contribution in [0.25, 0.3) is 22.3 Å². The number of benzene rings is 3. The van der Waals surface area contributed by atoms with Crippen molar-refractivity contribution in [2.45, 2.75) is 6.42 Å². The van der Waals surface area contributed by atoms with Crippen LogP contribution in [0, 0.1) is 12.3 Å². The number of rotatable bonds is 6. The van der Waals surface area contributed by atoms with Gasteiger partial charge in [0.1, 0.15) is 6.61 Å². The van der Waals surface area contributed by atoms with Gasteiger partial charge in [-0.2, -0.15) is 0 Å². The van der Waals surface area contributed by atoms with Gasteiger partial charge >= 0.3 is 0 Å². The lowest BCUT2D eigenvalue weighted by Gasteiger charge is -2.13. The molecule has 0 aliphatic carbocycles. The third kappa shape index (κ3) is 3.93. The topological polar surface area (TPSA) is 9.23 Å². The van der Waals surface area contributed by atoms with Crippen LogP contribution < -0.4 is 0 Å². The molecule has 0 radical (unpaired) electrons. The van der Waals surface area contributed by atoms with Gasteiger partial charge in [-0.05, 0) is 40.3 Å². The van der Waals surface area contributed by atoms with E-state index in [-0.39, 0.29) is 0 Å². The number of terminal acetylenes is 1. The highest BCUT2D eigenvalue weighted by Gasteiger charge is 2.08. The molecule has 3 aromatic carbocycles. The first-order valence-corrected chi connectivity index (χ1v) is 8.13. The van der Waals surface area contributed by atoms with E-state index in [0.717, 1.165) is 6.42 Å². The van der Waals surface area contributed by atoms with Gasteiger partial charge in [0.15, 0.2) is 0 Å². The summed E-state index contributed by atoms with van der Waals surface area (Å²) >= 11 is 0. The Kier molecular flexibility index (Phi) is 5.45. The van der Waals surface area contributed by atoms with Crippen LogP contribution in [0.1, 0.15) is 5.56 Å².